The molecule has 0 atom stereocenters. The molecule has 2 aromatic rings. The predicted octanol–water partition coefficient (Wildman–Crippen LogP) is 2.25. The van der Waals surface area contributed by atoms with Crippen molar-refractivity contribution in [2.75, 3.05) is 68.6 Å². The van der Waals surface area contributed by atoms with Crippen LogP contribution < -0.4 is 27.0 Å². The van der Waals surface area contributed by atoms with Crippen LogP contribution in [-0.2, 0) is 9.47 Å². The van der Waals surface area contributed by atoms with Gasteiger partial charge in [0.1, 0.15) is 0 Å². The zero-order valence-corrected chi connectivity index (χ0v) is 21.0. The van der Waals surface area contributed by atoms with Crippen LogP contribution in [-0.4, -0.2) is 79.5 Å². The Hall–Kier alpha value is -3.02. The van der Waals surface area contributed by atoms with E-state index < -0.39 is 0 Å². The van der Waals surface area contributed by atoms with Crippen LogP contribution in [0.15, 0.2) is 30.3 Å². The third-order valence-electron chi connectivity index (χ3n) is 5.71. The molecule has 11 heteroatoms. The molecule has 1 aromatic heterocycles. The lowest BCUT2D eigenvalue weighted by Crippen LogP contribution is -2.27. The minimum Gasteiger partial charge on any atom is -0.377 e. The summed E-state index contributed by atoms with van der Waals surface area (Å²) in [4.78, 5) is 25.5. The van der Waals surface area contributed by atoms with Gasteiger partial charge >= 0.3 is 0 Å². The summed E-state index contributed by atoms with van der Waals surface area (Å²) in [5, 5.41) is 12.7. The largest absolute Gasteiger partial charge is 0.377 e. The van der Waals surface area contributed by atoms with Gasteiger partial charge in [-0.3, -0.25) is 4.79 Å². The molecule has 0 bridgehead atoms. The van der Waals surface area contributed by atoms with Crippen LogP contribution in [0, 0.1) is 0 Å². The van der Waals surface area contributed by atoms with Gasteiger partial charge < -0.3 is 36.5 Å². The lowest BCUT2D eigenvalue weighted by Gasteiger charge is -2.23. The zero-order valence-electron chi connectivity index (χ0n) is 21.0. The third-order valence-corrected chi connectivity index (χ3v) is 5.71. The number of carbonyl (C=O) groups is 1. The number of aromatic nitrogens is 3. The molecule has 6 N–H and O–H groups in total. The fraction of sp³-hybridized carbons (Fsp3) is 0.600. The van der Waals surface area contributed by atoms with E-state index in [-0.39, 0.29) is 5.91 Å². The molecule has 1 heterocycles. The van der Waals surface area contributed by atoms with Crippen LogP contribution in [0.5, 0.6) is 0 Å². The highest BCUT2D eigenvalue weighted by molar-refractivity contribution is 5.94. The van der Waals surface area contributed by atoms with E-state index in [1.165, 1.54) is 19.3 Å². The second-order valence-corrected chi connectivity index (χ2v) is 8.63. The molecule has 0 spiro atoms. The van der Waals surface area contributed by atoms with Crippen molar-refractivity contribution in [1.29, 1.82) is 0 Å². The quantitative estimate of drug-likeness (QED) is 0.205. The van der Waals surface area contributed by atoms with Crippen molar-refractivity contribution in [1.82, 2.24) is 20.3 Å². The number of hydrogen-bond donors (Lipinski definition) is 5. The number of benzene rings is 1. The molecule has 1 aliphatic carbocycles. The fourth-order valence-electron chi connectivity index (χ4n) is 3.82. The van der Waals surface area contributed by atoms with Crippen LogP contribution >= 0.6 is 0 Å². The highest BCUT2D eigenvalue weighted by atomic mass is 16.5. The van der Waals surface area contributed by atoms with Gasteiger partial charge in [0.15, 0.2) is 0 Å². The summed E-state index contributed by atoms with van der Waals surface area (Å²) < 4.78 is 11.1. The number of nitrogens with one attached hydrogen (secondary N) is 4. The SMILES string of the molecule is NCCCNc1nc(NCCOCCOCCNC(=O)c2ccccc2)nc(NC2CCCCC2)n1. The molecule has 1 fully saturated rings. The van der Waals surface area contributed by atoms with Gasteiger partial charge in [-0.1, -0.05) is 37.5 Å². The second-order valence-electron chi connectivity index (χ2n) is 8.63. The van der Waals surface area contributed by atoms with E-state index >= 15 is 0 Å². The Morgan fingerprint density at radius 3 is 2.17 bits per heavy atom. The summed E-state index contributed by atoms with van der Waals surface area (Å²) in [7, 11) is 0. The lowest BCUT2D eigenvalue weighted by atomic mass is 9.96. The highest BCUT2D eigenvalue weighted by Gasteiger charge is 2.15. The van der Waals surface area contributed by atoms with E-state index in [4.69, 9.17) is 15.2 Å². The molecule has 1 aliphatic rings. The van der Waals surface area contributed by atoms with Crippen LogP contribution in [0.2, 0.25) is 0 Å². The number of amides is 1. The Bertz CT molecular complexity index is 881. The molecule has 36 heavy (non-hydrogen) atoms. The first kappa shape index (κ1) is 27.6. The van der Waals surface area contributed by atoms with Gasteiger partial charge in [-0.15, -0.1) is 0 Å². The van der Waals surface area contributed by atoms with E-state index in [9.17, 15) is 4.79 Å². The average Bonchev–Trinajstić information content (AvgIpc) is 2.91. The summed E-state index contributed by atoms with van der Waals surface area (Å²) >= 11 is 0. The predicted molar refractivity (Wildman–Crippen MR) is 141 cm³/mol. The summed E-state index contributed by atoms with van der Waals surface area (Å²) in [5.41, 5.74) is 6.23. The van der Waals surface area contributed by atoms with Crippen LogP contribution in [0.3, 0.4) is 0 Å². The Labute approximate surface area is 213 Å². The van der Waals surface area contributed by atoms with Gasteiger partial charge in [-0.05, 0) is 37.9 Å². The number of ether oxygens (including phenoxy) is 2. The first-order chi connectivity index (χ1) is 17.7. The Kier molecular flexibility index (Phi) is 12.7. The maximum Gasteiger partial charge on any atom is 0.251 e. The summed E-state index contributed by atoms with van der Waals surface area (Å²) in [6.45, 7) is 4.17. The molecular formula is C25H40N8O3. The maximum absolute atomic E-state index is 12.0. The zero-order chi connectivity index (χ0) is 25.3. The molecular weight excluding hydrogens is 460 g/mol. The van der Waals surface area contributed by atoms with Crippen molar-refractivity contribution < 1.29 is 14.3 Å². The van der Waals surface area contributed by atoms with Gasteiger partial charge in [0.25, 0.3) is 5.91 Å². The number of rotatable bonds is 17. The standard InChI is InChI=1S/C25H40N8O3/c26-12-7-13-28-23-31-24(33-25(32-23)30-21-10-5-2-6-11-21)29-15-17-36-19-18-35-16-14-27-22(34)20-8-3-1-4-9-20/h1,3-4,8-9,21H,2,5-7,10-19,26H2,(H,27,34)(H3,28,29,30,31,32,33). The monoisotopic (exact) mass is 500 g/mol. The number of hydrogen-bond acceptors (Lipinski definition) is 10. The molecule has 198 valence electrons. The van der Waals surface area contributed by atoms with E-state index in [1.54, 1.807) is 12.1 Å². The molecule has 3 rings (SSSR count). The topological polar surface area (TPSA) is 148 Å². The van der Waals surface area contributed by atoms with Gasteiger partial charge in [0.2, 0.25) is 17.8 Å². The fourth-order valence-corrected chi connectivity index (χ4v) is 3.82. The molecule has 0 unspecified atom stereocenters. The number of nitrogens with zero attached hydrogens (tertiary/aromatic N) is 3. The van der Waals surface area contributed by atoms with Crippen molar-refractivity contribution >= 4 is 23.8 Å². The van der Waals surface area contributed by atoms with Crippen LogP contribution in [0.25, 0.3) is 0 Å². The van der Waals surface area contributed by atoms with Crippen molar-refractivity contribution in [3.8, 4) is 0 Å². The summed E-state index contributed by atoms with van der Waals surface area (Å²) in [6, 6.07) is 9.52. The second kappa shape index (κ2) is 16.6. The number of nitrogens with two attached hydrogens (primary N) is 1. The van der Waals surface area contributed by atoms with Crippen molar-refractivity contribution in [3.63, 3.8) is 0 Å². The van der Waals surface area contributed by atoms with Gasteiger partial charge in [-0.25, -0.2) is 0 Å². The number of anilines is 3. The van der Waals surface area contributed by atoms with E-state index in [0.29, 0.717) is 82.1 Å². The molecule has 0 radical (unpaired) electrons. The third kappa shape index (κ3) is 10.7. The van der Waals surface area contributed by atoms with E-state index in [1.807, 2.05) is 18.2 Å². The minimum absolute atomic E-state index is 0.102. The summed E-state index contributed by atoms with van der Waals surface area (Å²) in [6.07, 6.45) is 6.89. The van der Waals surface area contributed by atoms with Gasteiger partial charge in [-0.2, -0.15) is 15.0 Å². The first-order valence-corrected chi connectivity index (χ1v) is 12.9. The molecule has 0 saturated heterocycles. The van der Waals surface area contributed by atoms with Crippen LogP contribution in [0.1, 0.15) is 48.9 Å². The maximum atomic E-state index is 12.0. The van der Waals surface area contributed by atoms with Gasteiger partial charge in [0.05, 0.1) is 26.4 Å². The normalized spacial score (nSPS) is 13.8. The van der Waals surface area contributed by atoms with Crippen LogP contribution in [0.4, 0.5) is 17.8 Å². The van der Waals surface area contributed by atoms with Gasteiger partial charge in [0, 0.05) is 31.2 Å². The molecule has 11 nitrogen and oxygen atoms in total. The van der Waals surface area contributed by atoms with E-state index in [2.05, 4.69) is 36.2 Å². The molecule has 1 saturated carbocycles. The van der Waals surface area contributed by atoms with Crippen molar-refractivity contribution in [2.45, 2.75) is 44.6 Å². The van der Waals surface area contributed by atoms with E-state index in [0.717, 1.165) is 19.3 Å². The lowest BCUT2D eigenvalue weighted by molar-refractivity contribution is 0.0519. The molecule has 1 amide bonds. The summed E-state index contributed by atoms with van der Waals surface area (Å²) in [5.74, 6) is 1.53. The average molecular weight is 501 g/mol. The Morgan fingerprint density at radius 1 is 0.833 bits per heavy atom. The number of carbonyl (C=O) groups excluding carboxylic acids is 1. The van der Waals surface area contributed by atoms with Crippen molar-refractivity contribution in [3.05, 3.63) is 35.9 Å². The van der Waals surface area contributed by atoms with Crippen molar-refractivity contribution in [2.24, 2.45) is 5.73 Å². The first-order valence-electron chi connectivity index (χ1n) is 12.9. The minimum atomic E-state index is -0.102. The highest BCUT2D eigenvalue weighted by Crippen LogP contribution is 2.21. The molecule has 1 aromatic carbocycles. The Balaban J connectivity index is 1.30. The smallest absolute Gasteiger partial charge is 0.251 e. The molecule has 0 aliphatic heterocycles. The Morgan fingerprint density at radius 2 is 1.47 bits per heavy atom.